The standard InChI is InChI=1S/C37H42ClIN4O9/c1-6-7-17-50-32(45)22-43(21-24-9-8-10-26(19-24)33(46)47)31(44)18-23(2)29-16-15-28(20-30(29)38)51-34(48)25-11-13-27(14-12-25)40-35(42-39)41-36(49)52-37(3,4)5/h8-16,19-20,23H,6-7,17-18,21-22H2,1-5H3,(H,46,47)(H2,40,41,42,49). The van der Waals surface area contributed by atoms with Gasteiger partial charge in [0.1, 0.15) is 17.9 Å². The van der Waals surface area contributed by atoms with Crippen molar-refractivity contribution in [2.45, 2.75) is 71.9 Å². The summed E-state index contributed by atoms with van der Waals surface area (Å²) in [6.45, 7) is 8.94. The molecule has 0 spiro atoms. The van der Waals surface area contributed by atoms with Gasteiger partial charge in [0.25, 0.3) is 0 Å². The van der Waals surface area contributed by atoms with Crippen LogP contribution in [0.5, 0.6) is 5.75 Å². The first-order valence-electron chi connectivity index (χ1n) is 16.4. The van der Waals surface area contributed by atoms with Crippen LogP contribution in [0.25, 0.3) is 0 Å². The third kappa shape index (κ3) is 13.8. The van der Waals surface area contributed by atoms with E-state index in [2.05, 4.69) is 13.8 Å². The van der Waals surface area contributed by atoms with Crippen LogP contribution in [0, 0.1) is 0 Å². The van der Waals surface area contributed by atoms with Gasteiger partial charge in [-0.3, -0.25) is 14.9 Å². The summed E-state index contributed by atoms with van der Waals surface area (Å²) in [5.74, 6) is -2.73. The lowest BCUT2D eigenvalue weighted by molar-refractivity contribution is -0.150. The number of guanidine groups is 1. The number of ether oxygens (including phenoxy) is 3. The van der Waals surface area contributed by atoms with Gasteiger partial charge in [-0.05, 0) is 92.8 Å². The summed E-state index contributed by atoms with van der Waals surface area (Å²) < 4.78 is 20.0. The number of hydrogen-bond donors (Lipinski definition) is 3. The monoisotopic (exact) mass is 848 g/mol. The number of amides is 2. The van der Waals surface area contributed by atoms with Crippen molar-refractivity contribution in [3.05, 3.63) is 94.0 Å². The van der Waals surface area contributed by atoms with Crippen LogP contribution in [0.4, 0.5) is 10.5 Å². The van der Waals surface area contributed by atoms with Crippen LogP contribution in [0.3, 0.4) is 0 Å². The number of anilines is 1. The zero-order chi connectivity index (χ0) is 38.4. The second-order valence-corrected chi connectivity index (χ2v) is 13.7. The number of carboxylic acids is 1. The van der Waals surface area contributed by atoms with Gasteiger partial charge in [-0.25, -0.2) is 14.4 Å². The number of nitrogens with one attached hydrogen (secondary N) is 2. The van der Waals surface area contributed by atoms with E-state index >= 15 is 0 Å². The molecule has 52 heavy (non-hydrogen) atoms. The molecular weight excluding hydrogens is 807 g/mol. The molecule has 0 saturated heterocycles. The molecule has 0 aliphatic rings. The maximum Gasteiger partial charge on any atom is 0.414 e. The number of rotatable bonds is 14. The van der Waals surface area contributed by atoms with Crippen LogP contribution in [-0.4, -0.2) is 64.6 Å². The summed E-state index contributed by atoms with van der Waals surface area (Å²) in [5.41, 5.74) is 1.34. The molecular formula is C37H42ClIN4O9. The van der Waals surface area contributed by atoms with Crippen molar-refractivity contribution >= 4 is 76.0 Å². The van der Waals surface area contributed by atoms with E-state index in [9.17, 15) is 29.1 Å². The molecule has 278 valence electrons. The molecule has 13 nitrogen and oxygen atoms in total. The second-order valence-electron chi connectivity index (χ2n) is 12.8. The normalized spacial score (nSPS) is 11.9. The number of aromatic carboxylic acids is 1. The Morgan fingerprint density at radius 3 is 2.33 bits per heavy atom. The highest BCUT2D eigenvalue weighted by Crippen LogP contribution is 2.31. The van der Waals surface area contributed by atoms with Crippen molar-refractivity contribution in [3.8, 4) is 5.75 Å². The number of alkyl carbamates (subject to hydrolysis) is 1. The fourth-order valence-corrected chi connectivity index (χ4v) is 5.32. The largest absolute Gasteiger partial charge is 0.478 e. The van der Waals surface area contributed by atoms with Crippen LogP contribution < -0.4 is 15.4 Å². The average molecular weight is 849 g/mol. The highest BCUT2D eigenvalue weighted by atomic mass is 127. The van der Waals surface area contributed by atoms with Gasteiger partial charge >= 0.3 is 24.0 Å². The summed E-state index contributed by atoms with van der Waals surface area (Å²) in [5, 5.41) is 15.1. The second kappa shape index (κ2) is 19.8. The zero-order valence-electron chi connectivity index (χ0n) is 29.5. The average Bonchev–Trinajstić information content (AvgIpc) is 3.07. The fraction of sp³-hybridized carbons (Fsp3) is 0.351. The predicted molar refractivity (Wildman–Crippen MR) is 205 cm³/mol. The Morgan fingerprint density at radius 2 is 1.71 bits per heavy atom. The van der Waals surface area contributed by atoms with E-state index in [4.69, 9.17) is 25.8 Å². The van der Waals surface area contributed by atoms with Gasteiger partial charge in [0.2, 0.25) is 11.9 Å². The summed E-state index contributed by atoms with van der Waals surface area (Å²) in [7, 11) is 0. The molecule has 0 bridgehead atoms. The number of carbonyl (C=O) groups is 5. The molecule has 1 atom stereocenters. The highest BCUT2D eigenvalue weighted by molar-refractivity contribution is 14.1. The number of carboxylic acid groups (broad SMARTS) is 1. The van der Waals surface area contributed by atoms with Gasteiger partial charge in [-0.15, -0.1) is 0 Å². The fourth-order valence-electron chi connectivity index (χ4n) is 4.73. The Kier molecular flexibility index (Phi) is 15.9. The third-order valence-corrected chi connectivity index (χ3v) is 8.07. The smallest absolute Gasteiger partial charge is 0.414 e. The number of benzene rings is 3. The van der Waals surface area contributed by atoms with Crippen LogP contribution in [0.1, 0.15) is 91.6 Å². The number of halogens is 2. The van der Waals surface area contributed by atoms with E-state index in [1.54, 1.807) is 87.0 Å². The number of unbranched alkanes of at least 4 members (excludes halogenated alkanes) is 1. The molecule has 2 amide bonds. The Morgan fingerprint density at radius 1 is 1.00 bits per heavy atom. The quantitative estimate of drug-likeness (QED) is 0.0364. The highest BCUT2D eigenvalue weighted by Gasteiger charge is 2.24. The van der Waals surface area contributed by atoms with Crippen LogP contribution >= 0.6 is 34.5 Å². The van der Waals surface area contributed by atoms with Crippen LogP contribution in [-0.2, 0) is 25.6 Å². The van der Waals surface area contributed by atoms with Crippen LogP contribution in [0.15, 0.2) is 69.9 Å². The molecule has 0 fully saturated rings. The van der Waals surface area contributed by atoms with Crippen molar-refractivity contribution < 1.29 is 43.3 Å². The van der Waals surface area contributed by atoms with Gasteiger partial charge in [0.05, 0.1) is 40.6 Å². The van der Waals surface area contributed by atoms with Crippen molar-refractivity contribution in [1.29, 1.82) is 0 Å². The molecule has 3 rings (SSSR count). The number of nitrogens with zero attached hydrogens (tertiary/aromatic N) is 2. The lowest BCUT2D eigenvalue weighted by atomic mass is 9.96. The Bertz CT molecular complexity index is 1780. The Balaban J connectivity index is 1.65. The molecule has 3 aromatic rings. The first kappa shape index (κ1) is 41.7. The van der Waals surface area contributed by atoms with Gasteiger partial charge < -0.3 is 29.5 Å². The molecule has 0 radical (unpaired) electrons. The van der Waals surface area contributed by atoms with E-state index < -0.39 is 35.5 Å². The summed E-state index contributed by atoms with van der Waals surface area (Å²) in [6.07, 6.45) is 0.838. The van der Waals surface area contributed by atoms with Crippen molar-refractivity contribution in [2.75, 3.05) is 18.5 Å². The topological polar surface area (TPSA) is 173 Å². The van der Waals surface area contributed by atoms with Gasteiger partial charge in [0.15, 0.2) is 0 Å². The lowest BCUT2D eigenvalue weighted by Gasteiger charge is -2.24. The van der Waals surface area contributed by atoms with Gasteiger partial charge in [-0.1, -0.05) is 50.1 Å². The maximum absolute atomic E-state index is 13.5. The minimum absolute atomic E-state index is 0.00516. The predicted octanol–water partition coefficient (Wildman–Crippen LogP) is 7.77. The zero-order valence-corrected chi connectivity index (χ0v) is 32.4. The van der Waals surface area contributed by atoms with Gasteiger partial charge in [-0.2, -0.15) is 3.21 Å². The lowest BCUT2D eigenvalue weighted by Crippen LogP contribution is -2.39. The first-order chi connectivity index (χ1) is 24.6. The molecule has 15 heteroatoms. The summed E-state index contributed by atoms with van der Waals surface area (Å²) in [6, 6.07) is 17.2. The molecule has 0 aliphatic carbocycles. The SMILES string of the molecule is CCCCOC(=O)CN(Cc1cccc(C(=O)O)c1)C(=O)CC(C)c1ccc(OC(=O)c2ccc(NC(=NI)NC(=O)OC(C)(C)C)cc2)cc1Cl. The molecule has 3 aromatic carbocycles. The Hall–Kier alpha value is -4.70. The van der Waals surface area contributed by atoms with Gasteiger partial charge in [0, 0.05) is 23.7 Å². The van der Waals surface area contributed by atoms with E-state index in [1.807, 2.05) is 6.92 Å². The van der Waals surface area contributed by atoms with E-state index in [1.165, 1.54) is 35.2 Å². The molecule has 1 unspecified atom stereocenters. The molecule has 0 saturated carbocycles. The summed E-state index contributed by atoms with van der Waals surface area (Å²) >= 11 is 8.33. The number of carbonyl (C=O) groups excluding carboxylic acids is 4. The summed E-state index contributed by atoms with van der Waals surface area (Å²) in [4.78, 5) is 63.9. The molecule has 0 aliphatic heterocycles. The van der Waals surface area contributed by atoms with E-state index in [0.717, 1.165) is 6.42 Å². The maximum atomic E-state index is 13.5. The van der Waals surface area contributed by atoms with E-state index in [0.29, 0.717) is 23.2 Å². The minimum Gasteiger partial charge on any atom is -0.478 e. The van der Waals surface area contributed by atoms with Crippen molar-refractivity contribution in [3.63, 3.8) is 0 Å². The van der Waals surface area contributed by atoms with Crippen LogP contribution in [0.2, 0.25) is 5.02 Å². The van der Waals surface area contributed by atoms with E-state index in [-0.39, 0.29) is 59.9 Å². The van der Waals surface area contributed by atoms with Crippen molar-refractivity contribution in [1.82, 2.24) is 10.2 Å². The number of esters is 2. The van der Waals surface area contributed by atoms with Crippen molar-refractivity contribution in [2.24, 2.45) is 3.21 Å². The Labute approximate surface area is 321 Å². The third-order valence-electron chi connectivity index (χ3n) is 7.26. The molecule has 0 aromatic heterocycles. The molecule has 3 N–H and O–H groups in total. The number of hydrogen-bond acceptors (Lipinski definition) is 9. The first-order valence-corrected chi connectivity index (χ1v) is 17.8. The minimum atomic E-state index is -1.10. The molecule has 0 heterocycles.